The van der Waals surface area contributed by atoms with Crippen LogP contribution >= 0.6 is 12.2 Å². The second-order valence-corrected chi connectivity index (χ2v) is 5.17. The van der Waals surface area contributed by atoms with Crippen molar-refractivity contribution in [3.8, 4) is 0 Å². The highest BCUT2D eigenvalue weighted by Crippen LogP contribution is 2.35. The molecule has 1 nitrogen and oxygen atoms in total. The number of likely N-dealkylation sites (tertiary alicyclic amines) is 1. The van der Waals surface area contributed by atoms with Gasteiger partial charge in [0.1, 0.15) is 0 Å². The van der Waals surface area contributed by atoms with Crippen molar-refractivity contribution < 1.29 is 0 Å². The molecular weight excluding hydrogens is 190 g/mol. The number of hydrogen-bond acceptors (Lipinski definition) is 1. The smallest absolute Gasteiger partial charge is 0.0779 e. The van der Waals surface area contributed by atoms with Crippen LogP contribution in [-0.2, 0) is 0 Å². The molecule has 0 aromatic heterocycles. The first-order valence-electron chi connectivity index (χ1n) is 6.12. The van der Waals surface area contributed by atoms with Gasteiger partial charge in [0, 0.05) is 12.6 Å². The van der Waals surface area contributed by atoms with E-state index in [-0.39, 0.29) is 0 Å². The molecule has 2 fully saturated rings. The van der Waals surface area contributed by atoms with E-state index in [0.29, 0.717) is 0 Å². The van der Waals surface area contributed by atoms with Crippen molar-refractivity contribution in [1.29, 1.82) is 0 Å². The highest BCUT2D eigenvalue weighted by atomic mass is 32.1. The molecule has 0 radical (unpaired) electrons. The lowest BCUT2D eigenvalue weighted by Crippen LogP contribution is -2.48. The van der Waals surface area contributed by atoms with Crippen LogP contribution < -0.4 is 0 Å². The van der Waals surface area contributed by atoms with E-state index in [4.69, 9.17) is 12.2 Å². The highest BCUT2D eigenvalue weighted by molar-refractivity contribution is 7.80. The fraction of sp³-hybridized carbons (Fsp3) is 0.917. The van der Waals surface area contributed by atoms with Crippen molar-refractivity contribution in [2.24, 2.45) is 5.92 Å². The van der Waals surface area contributed by atoms with E-state index in [9.17, 15) is 0 Å². The maximum atomic E-state index is 5.47. The number of rotatable bonds is 1. The zero-order chi connectivity index (χ0) is 9.97. The molecule has 1 aliphatic heterocycles. The maximum absolute atomic E-state index is 5.47. The van der Waals surface area contributed by atoms with Crippen molar-refractivity contribution in [2.75, 3.05) is 6.54 Å². The van der Waals surface area contributed by atoms with Crippen molar-refractivity contribution in [3.63, 3.8) is 0 Å². The molecule has 0 amide bonds. The third kappa shape index (κ3) is 1.95. The Morgan fingerprint density at radius 2 is 1.93 bits per heavy atom. The second kappa shape index (κ2) is 4.61. The Hall–Kier alpha value is -0.110. The summed E-state index contributed by atoms with van der Waals surface area (Å²) < 4.78 is 0. The van der Waals surface area contributed by atoms with Gasteiger partial charge in [0.25, 0.3) is 0 Å². The first-order valence-corrected chi connectivity index (χ1v) is 6.53. The predicted molar refractivity (Wildman–Crippen MR) is 64.6 cm³/mol. The number of hydrogen-bond donors (Lipinski definition) is 0. The molecule has 0 spiro atoms. The molecule has 0 aromatic rings. The van der Waals surface area contributed by atoms with Crippen molar-refractivity contribution >= 4 is 17.2 Å². The third-order valence-corrected chi connectivity index (χ3v) is 4.39. The molecule has 2 rings (SSSR count). The molecule has 0 aromatic carbocycles. The molecule has 1 saturated heterocycles. The number of piperidine rings is 1. The maximum Gasteiger partial charge on any atom is 0.0779 e. The van der Waals surface area contributed by atoms with E-state index >= 15 is 0 Å². The SMILES string of the molecule is CCC(=S)N1CCC[C@H]2CCCC[C@H]21. The Morgan fingerprint density at radius 1 is 1.21 bits per heavy atom. The fourth-order valence-electron chi connectivity index (χ4n) is 3.14. The molecule has 1 saturated carbocycles. The van der Waals surface area contributed by atoms with Gasteiger partial charge in [-0.15, -0.1) is 0 Å². The van der Waals surface area contributed by atoms with Gasteiger partial charge in [-0.3, -0.25) is 0 Å². The van der Waals surface area contributed by atoms with E-state index < -0.39 is 0 Å². The van der Waals surface area contributed by atoms with Gasteiger partial charge in [-0.2, -0.15) is 0 Å². The lowest BCUT2D eigenvalue weighted by Gasteiger charge is -2.45. The van der Waals surface area contributed by atoms with Crippen molar-refractivity contribution in [1.82, 2.24) is 4.90 Å². The van der Waals surface area contributed by atoms with Gasteiger partial charge >= 0.3 is 0 Å². The summed E-state index contributed by atoms with van der Waals surface area (Å²) in [7, 11) is 0. The van der Waals surface area contributed by atoms with Crippen LogP contribution in [0.4, 0.5) is 0 Å². The third-order valence-electron chi connectivity index (χ3n) is 3.87. The molecule has 1 aliphatic carbocycles. The number of fused-ring (bicyclic) bond motifs is 1. The minimum absolute atomic E-state index is 0.810. The Bertz CT molecular complexity index is 212. The van der Waals surface area contributed by atoms with E-state index in [1.54, 1.807) is 0 Å². The molecule has 14 heavy (non-hydrogen) atoms. The molecule has 0 bridgehead atoms. The van der Waals surface area contributed by atoms with E-state index in [1.807, 2.05) is 0 Å². The average Bonchev–Trinajstić information content (AvgIpc) is 2.27. The minimum atomic E-state index is 0.810. The van der Waals surface area contributed by atoms with Crippen LogP contribution in [0.25, 0.3) is 0 Å². The average molecular weight is 211 g/mol. The van der Waals surface area contributed by atoms with Crippen LogP contribution in [0.1, 0.15) is 51.9 Å². The molecule has 80 valence electrons. The van der Waals surface area contributed by atoms with Crippen molar-refractivity contribution in [3.05, 3.63) is 0 Å². The second-order valence-electron chi connectivity index (χ2n) is 4.69. The van der Waals surface area contributed by atoms with Crippen LogP contribution in [0.15, 0.2) is 0 Å². The first-order chi connectivity index (χ1) is 6.83. The monoisotopic (exact) mass is 211 g/mol. The lowest BCUT2D eigenvalue weighted by molar-refractivity contribution is 0.120. The quantitative estimate of drug-likeness (QED) is 0.612. The zero-order valence-corrected chi connectivity index (χ0v) is 9.98. The molecule has 0 N–H and O–H groups in total. The van der Waals surface area contributed by atoms with Crippen LogP contribution in [0, 0.1) is 5.92 Å². The summed E-state index contributed by atoms with van der Waals surface area (Å²) >= 11 is 5.47. The van der Waals surface area contributed by atoms with Gasteiger partial charge in [-0.05, 0) is 38.0 Å². The zero-order valence-electron chi connectivity index (χ0n) is 9.17. The number of thiocarbonyl (C=S) groups is 1. The van der Waals surface area contributed by atoms with E-state index in [2.05, 4.69) is 11.8 Å². The van der Waals surface area contributed by atoms with Crippen LogP contribution in [0.3, 0.4) is 0 Å². The van der Waals surface area contributed by atoms with Crippen LogP contribution in [-0.4, -0.2) is 22.5 Å². The summed E-state index contributed by atoms with van der Waals surface area (Å²) in [6.07, 6.45) is 9.59. The Morgan fingerprint density at radius 3 is 2.71 bits per heavy atom. The summed E-state index contributed by atoms with van der Waals surface area (Å²) in [5, 5.41) is 0. The summed E-state index contributed by atoms with van der Waals surface area (Å²) in [5.41, 5.74) is 0. The largest absolute Gasteiger partial charge is 0.363 e. The fourth-order valence-corrected chi connectivity index (χ4v) is 3.36. The lowest BCUT2D eigenvalue weighted by atomic mass is 9.78. The predicted octanol–water partition coefficient (Wildman–Crippen LogP) is 3.38. The van der Waals surface area contributed by atoms with Gasteiger partial charge in [0.05, 0.1) is 4.99 Å². The molecule has 2 atom stereocenters. The number of nitrogens with zero attached hydrogens (tertiary/aromatic N) is 1. The Kier molecular flexibility index (Phi) is 3.42. The normalized spacial score (nSPS) is 32.5. The summed E-state index contributed by atoms with van der Waals surface area (Å²) in [4.78, 5) is 3.75. The molecule has 1 heterocycles. The first kappa shape index (κ1) is 10.4. The molecular formula is C12H21NS. The van der Waals surface area contributed by atoms with Gasteiger partial charge < -0.3 is 4.90 Å². The molecule has 0 unspecified atom stereocenters. The van der Waals surface area contributed by atoms with Gasteiger partial charge in [-0.25, -0.2) is 0 Å². The minimum Gasteiger partial charge on any atom is -0.363 e. The highest BCUT2D eigenvalue weighted by Gasteiger charge is 2.33. The summed E-state index contributed by atoms with van der Waals surface area (Å²) in [5.74, 6) is 0.960. The van der Waals surface area contributed by atoms with E-state index in [0.717, 1.165) is 18.4 Å². The Balaban J connectivity index is 2.04. The van der Waals surface area contributed by atoms with Gasteiger partial charge in [0.2, 0.25) is 0 Å². The topological polar surface area (TPSA) is 3.24 Å². The van der Waals surface area contributed by atoms with Gasteiger partial charge in [-0.1, -0.05) is 32.0 Å². The Labute approximate surface area is 92.9 Å². The van der Waals surface area contributed by atoms with Crippen LogP contribution in [0.2, 0.25) is 0 Å². The molecule has 2 heteroatoms. The standard InChI is InChI=1S/C12H21NS/c1-2-12(14)13-9-5-7-10-6-3-4-8-11(10)13/h10-11H,2-9H2,1H3/t10-,11-/m1/s1. The van der Waals surface area contributed by atoms with Gasteiger partial charge in [0.15, 0.2) is 0 Å². The van der Waals surface area contributed by atoms with Crippen molar-refractivity contribution in [2.45, 2.75) is 57.9 Å². The molecule has 2 aliphatic rings. The van der Waals surface area contributed by atoms with E-state index in [1.165, 1.54) is 50.1 Å². The van der Waals surface area contributed by atoms with Crippen LogP contribution in [0.5, 0.6) is 0 Å². The summed E-state index contributed by atoms with van der Waals surface area (Å²) in [6.45, 7) is 3.42. The summed E-state index contributed by atoms with van der Waals surface area (Å²) in [6, 6.07) is 0.810.